The minimum Gasteiger partial charge on any atom is -0.309 e. The van der Waals surface area contributed by atoms with Crippen molar-refractivity contribution in [2.24, 2.45) is 0 Å². The minimum absolute atomic E-state index is 1.06. The van der Waals surface area contributed by atoms with Gasteiger partial charge in [0.25, 0.3) is 0 Å². The number of rotatable bonds is 10. The molecule has 3 heteroatoms. The molecule has 0 N–H and O–H groups in total. The van der Waals surface area contributed by atoms with Gasteiger partial charge in [-0.3, -0.25) is 0 Å². The number of fused-ring (bicyclic) bond motifs is 6. The molecule has 3 nitrogen and oxygen atoms in total. The summed E-state index contributed by atoms with van der Waals surface area (Å²) in [5.74, 6) is 0. The lowest BCUT2D eigenvalue weighted by molar-refractivity contribution is 1.18. The third kappa shape index (κ3) is 7.78. The Bertz CT molecular complexity index is 4380. The molecule has 14 rings (SSSR count). The predicted octanol–water partition coefficient (Wildman–Crippen LogP) is 20.2. The number of benzene rings is 13. The summed E-state index contributed by atoms with van der Waals surface area (Å²) in [6.45, 7) is 0. The highest BCUT2D eigenvalue weighted by molar-refractivity contribution is 6.25. The molecule has 0 aliphatic heterocycles. The maximum atomic E-state index is 2.52. The van der Waals surface area contributed by atoms with Crippen molar-refractivity contribution in [1.82, 2.24) is 4.57 Å². The van der Waals surface area contributed by atoms with E-state index in [4.69, 9.17) is 0 Å². The van der Waals surface area contributed by atoms with Gasteiger partial charge >= 0.3 is 0 Å². The molecular formula is C72H49N3. The third-order valence-corrected chi connectivity index (χ3v) is 14.9. The zero-order valence-corrected chi connectivity index (χ0v) is 41.1. The van der Waals surface area contributed by atoms with E-state index in [9.17, 15) is 0 Å². The number of anilines is 6. The van der Waals surface area contributed by atoms with Crippen LogP contribution in [0.15, 0.2) is 297 Å². The molecule has 0 spiro atoms. The summed E-state index contributed by atoms with van der Waals surface area (Å²) >= 11 is 0. The zero-order valence-electron chi connectivity index (χ0n) is 41.1. The Morgan fingerprint density at radius 1 is 0.213 bits per heavy atom. The smallest absolute Gasteiger partial charge is 0.0620 e. The molecule has 0 aliphatic carbocycles. The first-order chi connectivity index (χ1) is 37.2. The van der Waals surface area contributed by atoms with Gasteiger partial charge in [-0.1, -0.05) is 212 Å². The van der Waals surface area contributed by atoms with Crippen LogP contribution in [0.3, 0.4) is 0 Å². The van der Waals surface area contributed by atoms with Crippen LogP contribution in [0.2, 0.25) is 0 Å². The fraction of sp³-hybridized carbons (Fsp3) is 0. The van der Waals surface area contributed by atoms with Crippen molar-refractivity contribution in [3.63, 3.8) is 0 Å². The molecule has 0 saturated heterocycles. The molecule has 0 atom stereocenters. The molecule has 1 aromatic heterocycles. The average Bonchev–Trinajstić information content (AvgIpc) is 3.83. The monoisotopic (exact) mass is 955 g/mol. The van der Waals surface area contributed by atoms with Gasteiger partial charge < -0.3 is 14.4 Å². The molecule has 0 unspecified atom stereocenters. The SMILES string of the molecule is c1ccc(-c2ccc(N(c3ccc4c(c3)c3ccccc3n4-c3ccccc3)c3c4ccc(-c5ccccc5)cc4c(N(c4ccccc4)c4ccc5ccccc5c4)c4ccc(-c5ccccc5)cc34)cc2)cc1. The quantitative estimate of drug-likeness (QED) is 0.1000. The van der Waals surface area contributed by atoms with Gasteiger partial charge in [-0.05, 0) is 129 Å². The van der Waals surface area contributed by atoms with Crippen LogP contribution in [-0.2, 0) is 0 Å². The van der Waals surface area contributed by atoms with Crippen LogP contribution < -0.4 is 9.80 Å². The van der Waals surface area contributed by atoms with E-state index in [2.05, 4.69) is 312 Å². The maximum Gasteiger partial charge on any atom is 0.0620 e. The summed E-state index contributed by atoms with van der Waals surface area (Å²) in [5, 5.41) is 9.31. The van der Waals surface area contributed by atoms with Gasteiger partial charge in [-0.25, -0.2) is 0 Å². The van der Waals surface area contributed by atoms with Crippen LogP contribution in [-0.4, -0.2) is 4.57 Å². The second-order valence-electron chi connectivity index (χ2n) is 19.3. The number of nitrogens with zero attached hydrogens (tertiary/aromatic N) is 3. The van der Waals surface area contributed by atoms with E-state index >= 15 is 0 Å². The first-order valence-corrected chi connectivity index (χ1v) is 25.7. The first-order valence-electron chi connectivity index (χ1n) is 25.7. The van der Waals surface area contributed by atoms with Crippen LogP contribution in [0.25, 0.3) is 93.2 Å². The summed E-state index contributed by atoms with van der Waals surface area (Å²) in [6.07, 6.45) is 0. The Morgan fingerprint density at radius 3 is 1.23 bits per heavy atom. The van der Waals surface area contributed by atoms with Crippen molar-refractivity contribution in [3.8, 4) is 39.1 Å². The topological polar surface area (TPSA) is 11.4 Å². The van der Waals surface area contributed by atoms with Crippen LogP contribution in [0.4, 0.5) is 34.1 Å². The third-order valence-electron chi connectivity index (χ3n) is 14.9. The van der Waals surface area contributed by atoms with Gasteiger partial charge in [0.15, 0.2) is 0 Å². The number of aromatic nitrogens is 1. The maximum absolute atomic E-state index is 2.52. The van der Waals surface area contributed by atoms with Gasteiger partial charge in [-0.2, -0.15) is 0 Å². The standard InChI is InChI=1S/C72H49N3/c1-6-20-50(21-7-1)54-34-39-60(40-35-54)74(62-42-45-70-66(49-62)63-32-18-19-33-69(63)75(70)59-30-14-5-15-31-59)72-65-44-38-56(51-22-8-2-9-23-51)47-67(65)71(64-43-37-57(48-68(64)72)52-24-10-3-11-25-52)73(58-28-12-4-13-29-58)61-41-36-53-26-16-17-27-55(53)46-61/h1-49H. The lowest BCUT2D eigenvalue weighted by Crippen LogP contribution is -2.15. The van der Waals surface area contributed by atoms with E-state index in [0.29, 0.717) is 0 Å². The van der Waals surface area contributed by atoms with Gasteiger partial charge in [0.1, 0.15) is 0 Å². The highest BCUT2D eigenvalue weighted by Crippen LogP contribution is 2.53. The highest BCUT2D eigenvalue weighted by Gasteiger charge is 2.27. The van der Waals surface area contributed by atoms with Gasteiger partial charge in [0.2, 0.25) is 0 Å². The Morgan fingerprint density at radius 2 is 0.627 bits per heavy atom. The first kappa shape index (κ1) is 43.8. The van der Waals surface area contributed by atoms with Gasteiger partial charge in [0.05, 0.1) is 22.4 Å². The largest absolute Gasteiger partial charge is 0.309 e. The van der Waals surface area contributed by atoms with Gasteiger partial charge in [-0.15, -0.1) is 0 Å². The Hall–Kier alpha value is -9.96. The molecule has 0 fully saturated rings. The van der Waals surface area contributed by atoms with E-state index in [1.165, 1.54) is 38.2 Å². The molecule has 352 valence electrons. The number of para-hydroxylation sites is 3. The van der Waals surface area contributed by atoms with Crippen molar-refractivity contribution >= 4 is 88.2 Å². The average molecular weight is 956 g/mol. The second kappa shape index (κ2) is 18.6. The second-order valence-corrected chi connectivity index (χ2v) is 19.3. The number of hydrogen-bond donors (Lipinski definition) is 0. The fourth-order valence-electron chi connectivity index (χ4n) is 11.4. The van der Waals surface area contributed by atoms with Crippen molar-refractivity contribution in [1.29, 1.82) is 0 Å². The van der Waals surface area contributed by atoms with Crippen LogP contribution >= 0.6 is 0 Å². The molecule has 14 aromatic rings. The van der Waals surface area contributed by atoms with Crippen molar-refractivity contribution in [3.05, 3.63) is 297 Å². The summed E-state index contributed by atoms with van der Waals surface area (Å²) in [4.78, 5) is 5.01. The van der Waals surface area contributed by atoms with Crippen molar-refractivity contribution in [2.45, 2.75) is 0 Å². The van der Waals surface area contributed by atoms with Crippen molar-refractivity contribution < 1.29 is 0 Å². The van der Waals surface area contributed by atoms with Crippen LogP contribution in [0, 0.1) is 0 Å². The summed E-state index contributed by atoms with van der Waals surface area (Å²) < 4.78 is 2.40. The van der Waals surface area contributed by atoms with E-state index in [0.717, 1.165) is 89.1 Å². The molecule has 0 amide bonds. The Balaban J connectivity index is 1.13. The van der Waals surface area contributed by atoms with Gasteiger partial charge in [0, 0.05) is 60.8 Å². The highest BCUT2D eigenvalue weighted by atomic mass is 15.2. The summed E-state index contributed by atoms with van der Waals surface area (Å²) in [5.41, 5.74) is 16.9. The molecule has 13 aromatic carbocycles. The van der Waals surface area contributed by atoms with E-state index in [-0.39, 0.29) is 0 Å². The summed E-state index contributed by atoms with van der Waals surface area (Å²) in [7, 11) is 0. The van der Waals surface area contributed by atoms with Crippen LogP contribution in [0.5, 0.6) is 0 Å². The molecular weight excluding hydrogens is 907 g/mol. The zero-order chi connectivity index (χ0) is 49.7. The molecule has 0 bridgehead atoms. The molecule has 0 saturated carbocycles. The lowest BCUT2D eigenvalue weighted by atomic mass is 9.91. The van der Waals surface area contributed by atoms with E-state index in [1.54, 1.807) is 0 Å². The lowest BCUT2D eigenvalue weighted by Gasteiger charge is -2.33. The Labute approximate surface area is 436 Å². The molecule has 1 heterocycles. The molecule has 0 aliphatic rings. The molecule has 75 heavy (non-hydrogen) atoms. The van der Waals surface area contributed by atoms with E-state index < -0.39 is 0 Å². The van der Waals surface area contributed by atoms with E-state index in [1.807, 2.05) is 0 Å². The number of hydrogen-bond acceptors (Lipinski definition) is 2. The normalized spacial score (nSPS) is 11.5. The summed E-state index contributed by atoms with van der Waals surface area (Å²) in [6, 6.07) is 109. The van der Waals surface area contributed by atoms with Crippen molar-refractivity contribution in [2.75, 3.05) is 9.80 Å². The molecule has 0 radical (unpaired) electrons. The Kier molecular flexibility index (Phi) is 10.8. The van der Waals surface area contributed by atoms with Crippen LogP contribution in [0.1, 0.15) is 0 Å². The fourth-order valence-corrected chi connectivity index (χ4v) is 11.4. The predicted molar refractivity (Wildman–Crippen MR) is 319 cm³/mol. The minimum atomic E-state index is 1.06.